The molecule has 26 heavy (non-hydrogen) atoms. The molecule has 0 bridgehead atoms. The fourth-order valence-electron chi connectivity index (χ4n) is 8.88. The normalized spacial score (nSPS) is 51.1. The van der Waals surface area contributed by atoms with Gasteiger partial charge in [-0.15, -0.1) is 0 Å². The summed E-state index contributed by atoms with van der Waals surface area (Å²) in [5, 5.41) is 0. The van der Waals surface area contributed by atoms with E-state index in [9.17, 15) is 4.79 Å². The number of hydrogen-bond acceptors (Lipinski definition) is 1. The van der Waals surface area contributed by atoms with Gasteiger partial charge in [-0.25, -0.2) is 0 Å². The predicted octanol–water partition coefficient (Wildman–Crippen LogP) is 7.04. The average Bonchev–Trinajstić information content (AvgIpc) is 2.60. The maximum Gasteiger partial charge on any atom is 0.133 e. The fraction of sp³-hybridized carbons (Fsp3) is 0.960. The lowest BCUT2D eigenvalue weighted by atomic mass is 9.41. The minimum Gasteiger partial charge on any atom is -0.300 e. The Kier molecular flexibility index (Phi) is 5.06. The van der Waals surface area contributed by atoms with Crippen molar-refractivity contribution in [1.82, 2.24) is 0 Å². The van der Waals surface area contributed by atoms with Crippen molar-refractivity contribution in [2.75, 3.05) is 0 Å². The van der Waals surface area contributed by atoms with Gasteiger partial charge in [0.1, 0.15) is 5.78 Å². The summed E-state index contributed by atoms with van der Waals surface area (Å²) < 4.78 is 0. The lowest BCUT2D eigenvalue weighted by Crippen LogP contribution is -2.56. The van der Waals surface area contributed by atoms with Crippen LogP contribution in [-0.4, -0.2) is 5.78 Å². The van der Waals surface area contributed by atoms with Crippen molar-refractivity contribution in [3.8, 4) is 0 Å². The van der Waals surface area contributed by atoms with E-state index in [1.165, 1.54) is 70.6 Å². The highest BCUT2D eigenvalue weighted by Gasteiger charge is 2.59. The molecule has 148 valence electrons. The van der Waals surface area contributed by atoms with Crippen molar-refractivity contribution in [3.05, 3.63) is 0 Å². The predicted molar refractivity (Wildman–Crippen MR) is 109 cm³/mol. The standard InChI is InChI=1S/C25H42O/c1-5-7-18-12-14-24(3)19(16-18)10-11-20-22-9-6-8-21(17(2)26)25(22,4)15-13-23(20)24/h18-23H,5-16H2,1-4H3. The summed E-state index contributed by atoms with van der Waals surface area (Å²) in [5.41, 5.74) is 0.922. The summed E-state index contributed by atoms with van der Waals surface area (Å²) in [7, 11) is 0. The molecule has 0 aromatic rings. The van der Waals surface area contributed by atoms with E-state index in [0.29, 0.717) is 22.5 Å². The SMILES string of the molecule is CCCC1CCC2(C)C(CCC3C2CCC2(C)C(C(C)=O)CCCC32)C1. The molecule has 4 aliphatic carbocycles. The van der Waals surface area contributed by atoms with Crippen molar-refractivity contribution in [2.24, 2.45) is 46.3 Å². The Balaban J connectivity index is 1.56. The number of rotatable bonds is 3. The molecular weight excluding hydrogens is 316 g/mol. The van der Waals surface area contributed by atoms with Crippen LogP contribution in [0.15, 0.2) is 0 Å². The molecule has 8 unspecified atom stereocenters. The monoisotopic (exact) mass is 358 g/mol. The molecule has 4 rings (SSSR count). The Hall–Kier alpha value is -0.330. The van der Waals surface area contributed by atoms with Gasteiger partial charge < -0.3 is 0 Å². The first-order valence-corrected chi connectivity index (χ1v) is 11.9. The Morgan fingerprint density at radius 1 is 0.923 bits per heavy atom. The van der Waals surface area contributed by atoms with Crippen molar-refractivity contribution in [3.63, 3.8) is 0 Å². The molecule has 1 nitrogen and oxygen atoms in total. The van der Waals surface area contributed by atoms with Crippen LogP contribution in [0.1, 0.15) is 105 Å². The van der Waals surface area contributed by atoms with Crippen LogP contribution in [-0.2, 0) is 4.79 Å². The Bertz CT molecular complexity index is 538. The highest BCUT2D eigenvalue weighted by Crippen LogP contribution is 2.67. The average molecular weight is 359 g/mol. The molecule has 0 aromatic heterocycles. The first kappa shape index (κ1) is 19.0. The van der Waals surface area contributed by atoms with E-state index in [2.05, 4.69) is 20.8 Å². The van der Waals surface area contributed by atoms with Crippen LogP contribution in [0.2, 0.25) is 0 Å². The molecular formula is C25H42O. The molecule has 0 aliphatic heterocycles. The molecule has 0 amide bonds. The van der Waals surface area contributed by atoms with Crippen molar-refractivity contribution in [2.45, 2.75) is 105 Å². The molecule has 4 saturated carbocycles. The molecule has 0 spiro atoms. The second-order valence-electron chi connectivity index (χ2n) is 11.2. The summed E-state index contributed by atoms with van der Waals surface area (Å²) in [6.07, 6.45) is 16.9. The highest BCUT2D eigenvalue weighted by atomic mass is 16.1. The molecule has 1 heteroatoms. The zero-order valence-corrected chi connectivity index (χ0v) is 17.9. The van der Waals surface area contributed by atoms with Crippen molar-refractivity contribution < 1.29 is 4.79 Å². The van der Waals surface area contributed by atoms with Gasteiger partial charge >= 0.3 is 0 Å². The number of fused-ring (bicyclic) bond motifs is 5. The van der Waals surface area contributed by atoms with Gasteiger partial charge in [-0.3, -0.25) is 4.79 Å². The maximum atomic E-state index is 12.4. The van der Waals surface area contributed by atoms with Crippen LogP contribution >= 0.6 is 0 Å². The van der Waals surface area contributed by atoms with E-state index in [1.807, 2.05) is 6.92 Å². The molecule has 0 aromatic carbocycles. The van der Waals surface area contributed by atoms with Gasteiger partial charge in [-0.05, 0) is 105 Å². The fourth-order valence-corrected chi connectivity index (χ4v) is 8.88. The summed E-state index contributed by atoms with van der Waals surface area (Å²) in [6.45, 7) is 9.43. The van der Waals surface area contributed by atoms with E-state index in [0.717, 1.165) is 36.0 Å². The van der Waals surface area contributed by atoms with Crippen molar-refractivity contribution >= 4 is 5.78 Å². The molecule has 0 saturated heterocycles. The summed E-state index contributed by atoms with van der Waals surface area (Å²) in [4.78, 5) is 12.4. The Labute approximate surface area is 162 Å². The molecule has 4 aliphatic rings. The summed E-state index contributed by atoms with van der Waals surface area (Å²) in [6, 6.07) is 0. The number of carbonyl (C=O) groups is 1. The largest absolute Gasteiger partial charge is 0.300 e. The molecule has 0 radical (unpaired) electrons. The van der Waals surface area contributed by atoms with E-state index in [1.54, 1.807) is 0 Å². The number of hydrogen-bond donors (Lipinski definition) is 0. The van der Waals surface area contributed by atoms with Crippen LogP contribution in [0.3, 0.4) is 0 Å². The highest BCUT2D eigenvalue weighted by molar-refractivity contribution is 5.79. The number of ketones is 1. The first-order chi connectivity index (χ1) is 12.4. The molecule has 4 fully saturated rings. The zero-order chi connectivity index (χ0) is 18.5. The van der Waals surface area contributed by atoms with Crippen molar-refractivity contribution in [1.29, 1.82) is 0 Å². The van der Waals surface area contributed by atoms with E-state index in [-0.39, 0.29) is 0 Å². The van der Waals surface area contributed by atoms with Crippen LogP contribution in [0.25, 0.3) is 0 Å². The summed E-state index contributed by atoms with van der Waals surface area (Å²) >= 11 is 0. The first-order valence-electron chi connectivity index (χ1n) is 11.9. The zero-order valence-electron chi connectivity index (χ0n) is 17.9. The van der Waals surface area contributed by atoms with Gasteiger partial charge in [0.05, 0.1) is 0 Å². The molecule has 0 N–H and O–H groups in total. The smallest absolute Gasteiger partial charge is 0.133 e. The van der Waals surface area contributed by atoms with Gasteiger partial charge in [-0.2, -0.15) is 0 Å². The lowest BCUT2D eigenvalue weighted by molar-refractivity contribution is -0.156. The Morgan fingerprint density at radius 3 is 2.38 bits per heavy atom. The lowest BCUT2D eigenvalue weighted by Gasteiger charge is -2.64. The maximum absolute atomic E-state index is 12.4. The Morgan fingerprint density at radius 2 is 1.65 bits per heavy atom. The van der Waals surface area contributed by atoms with Crippen LogP contribution < -0.4 is 0 Å². The van der Waals surface area contributed by atoms with E-state index in [4.69, 9.17) is 0 Å². The van der Waals surface area contributed by atoms with Gasteiger partial charge in [-0.1, -0.05) is 40.0 Å². The minimum absolute atomic E-state index is 0.313. The van der Waals surface area contributed by atoms with Gasteiger partial charge in [0.15, 0.2) is 0 Å². The minimum atomic E-state index is 0.313. The topological polar surface area (TPSA) is 17.1 Å². The second-order valence-corrected chi connectivity index (χ2v) is 11.2. The summed E-state index contributed by atoms with van der Waals surface area (Å²) in [5.74, 6) is 5.54. The van der Waals surface area contributed by atoms with Crippen LogP contribution in [0.5, 0.6) is 0 Å². The third-order valence-electron chi connectivity index (χ3n) is 10.2. The van der Waals surface area contributed by atoms with E-state index >= 15 is 0 Å². The van der Waals surface area contributed by atoms with Gasteiger partial charge in [0, 0.05) is 5.92 Å². The molecule has 8 atom stereocenters. The van der Waals surface area contributed by atoms with Crippen LogP contribution in [0, 0.1) is 46.3 Å². The molecule has 0 heterocycles. The third kappa shape index (κ3) is 2.82. The third-order valence-corrected chi connectivity index (χ3v) is 10.2. The number of Topliss-reactive ketones (excluding diaryl/α,β-unsaturated/α-hetero) is 1. The second kappa shape index (κ2) is 6.93. The quantitative estimate of drug-likeness (QED) is 0.528. The van der Waals surface area contributed by atoms with Gasteiger partial charge in [0.25, 0.3) is 0 Å². The number of carbonyl (C=O) groups excluding carboxylic acids is 1. The van der Waals surface area contributed by atoms with Crippen LogP contribution in [0.4, 0.5) is 0 Å². The van der Waals surface area contributed by atoms with E-state index < -0.39 is 0 Å². The van der Waals surface area contributed by atoms with Gasteiger partial charge in [0.2, 0.25) is 0 Å².